The summed E-state index contributed by atoms with van der Waals surface area (Å²) in [6, 6.07) is 6.74. The third kappa shape index (κ3) is 3.47. The maximum absolute atomic E-state index is 11.7. The fourth-order valence-corrected chi connectivity index (χ4v) is 3.41. The summed E-state index contributed by atoms with van der Waals surface area (Å²) < 4.78 is 0. The quantitative estimate of drug-likeness (QED) is 0.536. The molecule has 1 aromatic heterocycles. The lowest BCUT2D eigenvalue weighted by Gasteiger charge is -2.17. The van der Waals surface area contributed by atoms with Crippen LogP contribution >= 0.6 is 23.2 Å². The van der Waals surface area contributed by atoms with E-state index in [0.717, 1.165) is 19.3 Å². The highest BCUT2D eigenvalue weighted by atomic mass is 35.5. The molecule has 0 bridgehead atoms. The minimum absolute atomic E-state index is 0.0548. The van der Waals surface area contributed by atoms with Crippen LogP contribution in [0.1, 0.15) is 26.2 Å². The molecule has 126 valence electrons. The number of nitrogens with zero attached hydrogens (tertiary/aromatic N) is 2. The molecule has 1 saturated carbocycles. The van der Waals surface area contributed by atoms with Crippen molar-refractivity contribution in [1.29, 1.82) is 0 Å². The first-order valence-electron chi connectivity index (χ1n) is 7.86. The third-order valence-corrected chi connectivity index (χ3v) is 4.83. The van der Waals surface area contributed by atoms with E-state index in [0.29, 0.717) is 32.9 Å². The average molecular weight is 366 g/mol. The summed E-state index contributed by atoms with van der Waals surface area (Å²) in [6.45, 7) is 2.07. The predicted molar refractivity (Wildman–Crippen MR) is 96.8 cm³/mol. The van der Waals surface area contributed by atoms with E-state index in [1.165, 1.54) is 0 Å². The first-order valence-corrected chi connectivity index (χ1v) is 8.62. The number of anilines is 1. The Bertz CT molecular complexity index is 778. The van der Waals surface area contributed by atoms with Crippen LogP contribution in [0.3, 0.4) is 0 Å². The zero-order chi connectivity index (χ0) is 17.3. The molecule has 0 radical (unpaired) electrons. The summed E-state index contributed by atoms with van der Waals surface area (Å²) in [7, 11) is 0. The van der Waals surface area contributed by atoms with Crippen LogP contribution in [-0.4, -0.2) is 15.9 Å². The molecule has 0 amide bonds. The van der Waals surface area contributed by atoms with Crippen molar-refractivity contribution in [1.82, 2.24) is 4.98 Å². The van der Waals surface area contributed by atoms with Crippen LogP contribution in [0.2, 0.25) is 10.0 Å². The largest absolute Gasteiger partial charge is 0.361 e. The molecule has 1 aliphatic carbocycles. The fourth-order valence-electron chi connectivity index (χ4n) is 2.90. The van der Waals surface area contributed by atoms with Crippen molar-refractivity contribution in [2.75, 3.05) is 5.32 Å². The van der Waals surface area contributed by atoms with Gasteiger partial charge < -0.3 is 5.32 Å². The second kappa shape index (κ2) is 6.95. The predicted octanol–water partition coefficient (Wildman–Crippen LogP) is 5.56. The van der Waals surface area contributed by atoms with Crippen molar-refractivity contribution >= 4 is 34.7 Å². The number of benzene rings is 1. The summed E-state index contributed by atoms with van der Waals surface area (Å²) in [5.74, 6) is 0.862. The van der Waals surface area contributed by atoms with Gasteiger partial charge in [-0.1, -0.05) is 36.2 Å². The van der Waals surface area contributed by atoms with E-state index in [4.69, 9.17) is 23.2 Å². The maximum Gasteiger partial charge on any atom is 0.319 e. The molecule has 5 nitrogen and oxygen atoms in total. The lowest BCUT2D eigenvalue weighted by Crippen LogP contribution is -2.22. The summed E-state index contributed by atoms with van der Waals surface area (Å²) in [4.78, 5) is 15.5. The number of nitrogens with one attached hydrogen (secondary N) is 1. The van der Waals surface area contributed by atoms with Gasteiger partial charge in [-0.25, -0.2) is 4.98 Å². The lowest BCUT2D eigenvalue weighted by atomic mass is 10.0. The molecule has 1 heterocycles. The topological polar surface area (TPSA) is 68.1 Å². The van der Waals surface area contributed by atoms with E-state index in [2.05, 4.69) is 17.2 Å². The van der Waals surface area contributed by atoms with Crippen molar-refractivity contribution in [2.24, 2.45) is 5.92 Å². The highest BCUT2D eigenvalue weighted by Crippen LogP contribution is 2.41. The van der Waals surface area contributed by atoms with Crippen molar-refractivity contribution in [2.45, 2.75) is 32.2 Å². The minimum atomic E-state index is -0.408. The van der Waals surface area contributed by atoms with Crippen molar-refractivity contribution in [3.8, 4) is 11.1 Å². The summed E-state index contributed by atoms with van der Waals surface area (Å²) in [6.07, 6.45) is 4.77. The van der Waals surface area contributed by atoms with Crippen molar-refractivity contribution in [3.63, 3.8) is 0 Å². The van der Waals surface area contributed by atoms with Gasteiger partial charge in [-0.3, -0.25) is 10.1 Å². The van der Waals surface area contributed by atoms with Gasteiger partial charge in [0.25, 0.3) is 0 Å². The van der Waals surface area contributed by atoms with E-state index in [1.807, 2.05) is 0 Å². The van der Waals surface area contributed by atoms with Crippen LogP contribution < -0.4 is 5.32 Å². The second-order valence-electron chi connectivity index (χ2n) is 5.93. The molecular formula is C17H17Cl2N3O2. The molecule has 2 aromatic rings. The molecule has 0 aliphatic heterocycles. The Hall–Kier alpha value is -1.85. The number of aromatic nitrogens is 1. The smallest absolute Gasteiger partial charge is 0.319 e. The zero-order valence-electron chi connectivity index (χ0n) is 13.1. The Morgan fingerprint density at radius 3 is 2.67 bits per heavy atom. The minimum Gasteiger partial charge on any atom is -0.361 e. The molecule has 1 atom stereocenters. The summed E-state index contributed by atoms with van der Waals surface area (Å²) >= 11 is 12.2. The van der Waals surface area contributed by atoms with E-state index in [9.17, 15) is 10.1 Å². The lowest BCUT2D eigenvalue weighted by molar-refractivity contribution is -0.383. The molecule has 3 rings (SSSR count). The average Bonchev–Trinajstić information content (AvgIpc) is 3.37. The van der Waals surface area contributed by atoms with E-state index >= 15 is 0 Å². The number of rotatable bonds is 6. The van der Waals surface area contributed by atoms with Crippen molar-refractivity contribution in [3.05, 3.63) is 50.6 Å². The first kappa shape index (κ1) is 17.0. The van der Waals surface area contributed by atoms with Gasteiger partial charge in [0.15, 0.2) is 0 Å². The van der Waals surface area contributed by atoms with Gasteiger partial charge in [0, 0.05) is 22.8 Å². The Kier molecular flexibility index (Phi) is 4.92. The molecule has 1 N–H and O–H groups in total. The van der Waals surface area contributed by atoms with E-state index in [-0.39, 0.29) is 11.7 Å². The van der Waals surface area contributed by atoms with Crippen LogP contribution in [0.15, 0.2) is 30.5 Å². The van der Waals surface area contributed by atoms with Gasteiger partial charge in [0.1, 0.15) is 0 Å². The maximum atomic E-state index is 11.7. The SMILES string of the molecule is CC[C@@H](Nc1nccc(-c2ccc(Cl)cc2Cl)c1[N+](=O)[O-])C1CC1. The number of pyridine rings is 1. The number of hydrogen-bond donors (Lipinski definition) is 1. The van der Waals surface area contributed by atoms with Crippen LogP contribution in [-0.2, 0) is 0 Å². The van der Waals surface area contributed by atoms with Crippen LogP contribution in [0.25, 0.3) is 11.1 Å². The zero-order valence-corrected chi connectivity index (χ0v) is 14.6. The third-order valence-electron chi connectivity index (χ3n) is 4.28. The van der Waals surface area contributed by atoms with Crippen LogP contribution in [0.5, 0.6) is 0 Å². The molecule has 0 saturated heterocycles. The van der Waals surface area contributed by atoms with Crippen LogP contribution in [0.4, 0.5) is 11.5 Å². The van der Waals surface area contributed by atoms with Gasteiger partial charge in [-0.05, 0) is 43.4 Å². The van der Waals surface area contributed by atoms with E-state index < -0.39 is 4.92 Å². The molecule has 1 aliphatic rings. The summed E-state index contributed by atoms with van der Waals surface area (Å²) in [5.41, 5.74) is 0.948. The highest BCUT2D eigenvalue weighted by Gasteiger charge is 2.32. The molecule has 1 aromatic carbocycles. The van der Waals surface area contributed by atoms with E-state index in [1.54, 1.807) is 30.5 Å². The Morgan fingerprint density at radius 1 is 1.33 bits per heavy atom. The van der Waals surface area contributed by atoms with Gasteiger partial charge in [-0.15, -0.1) is 0 Å². The Labute approximate surface area is 150 Å². The second-order valence-corrected chi connectivity index (χ2v) is 6.78. The molecular weight excluding hydrogens is 349 g/mol. The molecule has 7 heteroatoms. The highest BCUT2D eigenvalue weighted by molar-refractivity contribution is 6.36. The number of hydrogen-bond acceptors (Lipinski definition) is 4. The van der Waals surface area contributed by atoms with Gasteiger partial charge >= 0.3 is 5.69 Å². The molecule has 0 spiro atoms. The van der Waals surface area contributed by atoms with Crippen LogP contribution in [0, 0.1) is 16.0 Å². The number of halogens is 2. The van der Waals surface area contributed by atoms with Gasteiger partial charge in [-0.2, -0.15) is 0 Å². The molecule has 0 unspecified atom stereocenters. The molecule has 1 fully saturated rings. The fraction of sp³-hybridized carbons (Fsp3) is 0.353. The Balaban J connectivity index is 2.06. The first-order chi connectivity index (χ1) is 11.5. The monoisotopic (exact) mass is 365 g/mol. The number of nitro groups is 1. The van der Waals surface area contributed by atoms with Gasteiger partial charge in [0.05, 0.1) is 15.5 Å². The van der Waals surface area contributed by atoms with Crippen molar-refractivity contribution < 1.29 is 4.92 Å². The Morgan fingerprint density at radius 2 is 2.08 bits per heavy atom. The van der Waals surface area contributed by atoms with Gasteiger partial charge in [0.2, 0.25) is 5.82 Å². The molecule has 24 heavy (non-hydrogen) atoms. The normalized spacial score (nSPS) is 15.1. The summed E-state index contributed by atoms with van der Waals surface area (Å²) in [5, 5.41) is 15.8. The standard InChI is InChI=1S/C17H17Cl2N3O2/c1-2-15(10-3-4-10)21-17-16(22(23)24)13(7-8-20-17)12-6-5-11(18)9-14(12)19/h5-10,15H,2-4H2,1H3,(H,20,21)/t15-/m1/s1.